The fourth-order valence-electron chi connectivity index (χ4n) is 5.03. The van der Waals surface area contributed by atoms with Crippen molar-refractivity contribution in [1.29, 1.82) is 0 Å². The molecule has 8 heteroatoms. The Labute approximate surface area is 255 Å². The molecule has 5 rings (SSSR count). The first-order chi connectivity index (χ1) is 20.8. The Balaban J connectivity index is 1.29. The van der Waals surface area contributed by atoms with Crippen LogP contribution in [-0.2, 0) is 27.3 Å². The second-order valence-electron chi connectivity index (χ2n) is 10.7. The number of thioether (sulfide) groups is 1. The number of carbonyl (C=O) groups is 2. The van der Waals surface area contributed by atoms with E-state index in [2.05, 4.69) is 12.2 Å². The molecule has 4 aromatic carbocycles. The highest BCUT2D eigenvalue weighted by molar-refractivity contribution is 7.99. The van der Waals surface area contributed by atoms with Gasteiger partial charge in [0.05, 0.1) is 25.2 Å². The number of hydrogen-bond acceptors (Lipinski definition) is 7. The van der Waals surface area contributed by atoms with E-state index in [1.54, 1.807) is 48.2 Å². The Bertz CT molecular complexity index is 1540. The zero-order chi connectivity index (χ0) is 30.3. The number of anilines is 1. The third-order valence-electron chi connectivity index (χ3n) is 7.54. The van der Waals surface area contributed by atoms with E-state index in [0.717, 1.165) is 27.1 Å². The average Bonchev–Trinajstić information content (AvgIpc) is 3.02. The maximum Gasteiger partial charge on any atom is 0.228 e. The van der Waals surface area contributed by atoms with Crippen LogP contribution >= 0.6 is 11.8 Å². The van der Waals surface area contributed by atoms with E-state index in [9.17, 15) is 19.8 Å². The van der Waals surface area contributed by atoms with Gasteiger partial charge in [0.15, 0.2) is 12.1 Å². The third kappa shape index (κ3) is 7.91. The van der Waals surface area contributed by atoms with Crippen LogP contribution in [-0.4, -0.2) is 33.8 Å². The molecule has 0 saturated carbocycles. The van der Waals surface area contributed by atoms with Gasteiger partial charge in [0.1, 0.15) is 5.75 Å². The molecule has 43 heavy (non-hydrogen) atoms. The van der Waals surface area contributed by atoms with Crippen molar-refractivity contribution in [2.45, 2.75) is 50.3 Å². The van der Waals surface area contributed by atoms with E-state index in [1.165, 1.54) is 6.92 Å². The molecule has 7 nitrogen and oxygen atoms in total. The van der Waals surface area contributed by atoms with Gasteiger partial charge in [-0.3, -0.25) is 9.59 Å². The molecule has 1 heterocycles. The Hall–Kier alpha value is -3.95. The molecule has 4 aromatic rings. The maximum atomic E-state index is 12.7. The highest BCUT2D eigenvalue weighted by atomic mass is 32.2. The number of aromatic hydroxyl groups is 1. The van der Waals surface area contributed by atoms with Gasteiger partial charge in [-0.2, -0.15) is 0 Å². The number of hydrogen-bond donors (Lipinski definition) is 3. The molecule has 0 spiro atoms. The van der Waals surface area contributed by atoms with E-state index in [1.807, 2.05) is 60.7 Å². The highest BCUT2D eigenvalue weighted by Crippen LogP contribution is 2.43. The van der Waals surface area contributed by atoms with Crippen molar-refractivity contribution in [1.82, 2.24) is 0 Å². The predicted molar refractivity (Wildman–Crippen MR) is 167 cm³/mol. The van der Waals surface area contributed by atoms with Gasteiger partial charge in [0, 0.05) is 33.4 Å². The number of amides is 1. The van der Waals surface area contributed by atoms with Crippen LogP contribution in [0.3, 0.4) is 0 Å². The molecule has 0 aliphatic carbocycles. The van der Waals surface area contributed by atoms with Gasteiger partial charge in [-0.1, -0.05) is 67.6 Å². The number of nitrogens with one attached hydrogen (secondary N) is 1. The largest absolute Gasteiger partial charge is 0.508 e. The van der Waals surface area contributed by atoms with Crippen LogP contribution in [0.2, 0.25) is 0 Å². The number of Topliss-reactive ketones (excluding diaryl/α,β-unsaturated/α-hetero) is 1. The average molecular weight is 598 g/mol. The summed E-state index contributed by atoms with van der Waals surface area (Å²) >= 11 is 1.66. The first-order valence-corrected chi connectivity index (χ1v) is 15.2. The van der Waals surface area contributed by atoms with Crippen LogP contribution in [0, 0.1) is 5.92 Å². The molecule has 4 unspecified atom stereocenters. The lowest BCUT2D eigenvalue weighted by atomic mass is 9.91. The molecular weight excluding hydrogens is 562 g/mol. The zero-order valence-electron chi connectivity index (χ0n) is 24.1. The number of ketones is 1. The van der Waals surface area contributed by atoms with Crippen molar-refractivity contribution in [2.24, 2.45) is 5.92 Å². The summed E-state index contributed by atoms with van der Waals surface area (Å²) in [4.78, 5) is 25.4. The first kappa shape index (κ1) is 30.5. The van der Waals surface area contributed by atoms with Crippen molar-refractivity contribution in [3.05, 3.63) is 125 Å². The van der Waals surface area contributed by atoms with Crippen molar-refractivity contribution < 1.29 is 29.3 Å². The minimum absolute atomic E-state index is 0.0197. The molecule has 0 aromatic heterocycles. The van der Waals surface area contributed by atoms with Gasteiger partial charge >= 0.3 is 0 Å². The molecule has 1 fully saturated rings. The molecule has 1 aliphatic rings. The van der Waals surface area contributed by atoms with E-state index in [0.29, 0.717) is 17.0 Å². The second-order valence-corrected chi connectivity index (χ2v) is 11.8. The summed E-state index contributed by atoms with van der Waals surface area (Å²) in [5.74, 6) is 0.740. The lowest BCUT2D eigenvalue weighted by molar-refractivity contribution is -0.268. The van der Waals surface area contributed by atoms with Crippen molar-refractivity contribution >= 4 is 29.1 Å². The summed E-state index contributed by atoms with van der Waals surface area (Å²) in [6.07, 6.45) is -0.787. The summed E-state index contributed by atoms with van der Waals surface area (Å²) in [6, 6.07) is 29.5. The summed E-state index contributed by atoms with van der Waals surface area (Å²) in [7, 11) is 0. The van der Waals surface area contributed by atoms with Crippen molar-refractivity contribution in [2.75, 3.05) is 11.1 Å². The Morgan fingerprint density at radius 3 is 2.21 bits per heavy atom. The predicted octanol–water partition coefficient (Wildman–Crippen LogP) is 6.85. The Kier molecular flexibility index (Phi) is 9.94. The summed E-state index contributed by atoms with van der Waals surface area (Å²) in [6.45, 7) is 3.60. The Morgan fingerprint density at radius 1 is 0.860 bits per heavy atom. The Morgan fingerprint density at radius 2 is 1.53 bits per heavy atom. The molecule has 1 amide bonds. The molecule has 4 atom stereocenters. The lowest BCUT2D eigenvalue weighted by Crippen LogP contribution is -2.38. The normalized spacial score (nSPS) is 20.0. The number of benzene rings is 4. The van der Waals surface area contributed by atoms with Crippen LogP contribution < -0.4 is 5.32 Å². The molecule has 3 N–H and O–H groups in total. The number of phenolic OH excluding ortho intramolecular Hbond substituents is 1. The zero-order valence-corrected chi connectivity index (χ0v) is 24.9. The van der Waals surface area contributed by atoms with Gasteiger partial charge < -0.3 is 25.0 Å². The lowest BCUT2D eigenvalue weighted by Gasteiger charge is -2.41. The minimum atomic E-state index is -0.610. The molecule has 0 radical (unpaired) electrons. The third-order valence-corrected chi connectivity index (χ3v) is 8.64. The number of rotatable bonds is 10. The monoisotopic (exact) mass is 597 g/mol. The van der Waals surface area contributed by atoms with Crippen LogP contribution in [0.5, 0.6) is 5.75 Å². The van der Waals surface area contributed by atoms with Crippen LogP contribution in [0.25, 0.3) is 0 Å². The fourth-order valence-corrected chi connectivity index (χ4v) is 6.10. The molecule has 1 saturated heterocycles. The summed E-state index contributed by atoms with van der Waals surface area (Å²) < 4.78 is 13.1. The number of phenols is 1. The highest BCUT2D eigenvalue weighted by Gasteiger charge is 2.38. The number of aliphatic hydroxyl groups excluding tert-OH is 1. The number of aliphatic hydroxyl groups is 1. The molecule has 1 aliphatic heterocycles. The van der Waals surface area contributed by atoms with E-state index >= 15 is 0 Å². The topological polar surface area (TPSA) is 105 Å². The maximum absolute atomic E-state index is 12.7. The van der Waals surface area contributed by atoms with Crippen LogP contribution in [0.15, 0.2) is 102 Å². The molecular formula is C35H35NO6S. The van der Waals surface area contributed by atoms with E-state index in [4.69, 9.17) is 9.47 Å². The van der Waals surface area contributed by atoms with Gasteiger partial charge in [-0.25, -0.2) is 0 Å². The molecule has 222 valence electrons. The smallest absolute Gasteiger partial charge is 0.228 e. The second kappa shape index (κ2) is 14.0. The number of carbonyl (C=O) groups excluding carboxylic acids is 2. The SMILES string of the molecule is CC(=O)c1cccc(NC(=O)Cc2ccc(C3OC(CSc4ccc(O)cc4)C(C)C(c4ccc(CO)cc4)O3)cc2)c1. The number of ether oxygens (including phenoxy) is 2. The van der Waals surface area contributed by atoms with E-state index < -0.39 is 6.29 Å². The van der Waals surface area contributed by atoms with Crippen LogP contribution in [0.4, 0.5) is 5.69 Å². The quantitative estimate of drug-likeness (QED) is 0.136. The fraction of sp³-hybridized carbons (Fsp3) is 0.257. The summed E-state index contributed by atoms with van der Waals surface area (Å²) in [5.41, 5.74) is 4.67. The van der Waals surface area contributed by atoms with Crippen molar-refractivity contribution in [3.8, 4) is 5.75 Å². The van der Waals surface area contributed by atoms with Gasteiger partial charge in [0.25, 0.3) is 0 Å². The minimum Gasteiger partial charge on any atom is -0.508 e. The molecule has 0 bridgehead atoms. The van der Waals surface area contributed by atoms with Gasteiger partial charge in [0.2, 0.25) is 5.91 Å². The van der Waals surface area contributed by atoms with Gasteiger partial charge in [-0.15, -0.1) is 11.8 Å². The van der Waals surface area contributed by atoms with Crippen LogP contribution in [0.1, 0.15) is 58.9 Å². The standard InChI is InChI=1S/C35H35NO6S/c1-22-32(21-43-31-16-14-30(39)15-17-31)41-35(42-34(22)26-10-8-25(20-37)9-11-26)27-12-6-24(7-13-27)18-33(40)36-29-5-3-4-28(19-29)23(2)38/h3-17,19,22,32,34-35,37,39H,18,20-21H2,1-2H3,(H,36,40). The first-order valence-electron chi connectivity index (χ1n) is 14.2. The summed E-state index contributed by atoms with van der Waals surface area (Å²) in [5, 5.41) is 22.0. The van der Waals surface area contributed by atoms with E-state index in [-0.39, 0.29) is 48.6 Å². The van der Waals surface area contributed by atoms with Gasteiger partial charge in [-0.05, 0) is 60.0 Å². The van der Waals surface area contributed by atoms with Crippen molar-refractivity contribution in [3.63, 3.8) is 0 Å².